The molecule has 0 heterocycles. The van der Waals surface area contributed by atoms with Crippen LogP contribution in [0, 0.1) is 0 Å². The molecule has 1 unspecified atom stereocenters. The van der Waals surface area contributed by atoms with Crippen LogP contribution in [0.4, 0.5) is 0 Å². The summed E-state index contributed by atoms with van der Waals surface area (Å²) in [6.45, 7) is 8.16. The third kappa shape index (κ3) is 10.4. The van der Waals surface area contributed by atoms with Gasteiger partial charge in [-0.15, -0.1) is 0 Å². The number of rotatable bonds is 13. The first-order valence-corrected chi connectivity index (χ1v) is 15.4. The van der Waals surface area contributed by atoms with Crippen molar-refractivity contribution in [3.8, 4) is 0 Å². The van der Waals surface area contributed by atoms with Gasteiger partial charge in [0.15, 0.2) is 0 Å². The second-order valence-corrected chi connectivity index (χ2v) is 16.9. The van der Waals surface area contributed by atoms with Gasteiger partial charge in [0.2, 0.25) is 0 Å². The van der Waals surface area contributed by atoms with Gasteiger partial charge in [-0.3, -0.25) is 0 Å². The molecule has 0 aromatic heterocycles. The molecule has 0 saturated carbocycles. The predicted octanol–water partition coefficient (Wildman–Crippen LogP) is 3.70. The molecule has 3 nitrogen and oxygen atoms in total. The molecule has 0 spiro atoms. The van der Waals surface area contributed by atoms with Gasteiger partial charge in [-0.1, -0.05) is 0 Å². The Balaban J connectivity index is 4.31. The summed E-state index contributed by atoms with van der Waals surface area (Å²) >= 11 is -0.915. The summed E-state index contributed by atoms with van der Waals surface area (Å²) in [6, 6.07) is 0.318. The number of thioether (sulfide) groups is 1. The topological polar surface area (TPSA) is 44.5 Å². The van der Waals surface area contributed by atoms with Crippen molar-refractivity contribution in [2.24, 2.45) is 5.73 Å². The summed E-state index contributed by atoms with van der Waals surface area (Å²) in [5.41, 5.74) is 5.81. The fourth-order valence-electron chi connectivity index (χ4n) is 2.00. The number of hydrogen-bond acceptors (Lipinski definition) is 4. The molecule has 0 saturated heterocycles. The van der Waals surface area contributed by atoms with E-state index in [1.165, 1.54) is 17.3 Å². The average molecular weight is 398 g/mol. The van der Waals surface area contributed by atoms with E-state index in [4.69, 9.17) is 11.9 Å². The Morgan fingerprint density at radius 3 is 2.11 bits per heavy atom. The van der Waals surface area contributed by atoms with Crippen molar-refractivity contribution < 1.29 is 6.15 Å². The van der Waals surface area contributed by atoms with Crippen LogP contribution in [0.5, 0.6) is 0 Å². The molecule has 116 valence electrons. The normalized spacial score (nSPS) is 13.7. The standard InChI is InChI=1S/C6H14N.2C3H7O.C2H5S.Sn/c1-3-4-5-6(2)7;2*1-2-3-4;1-3-2;/h6H,1,3-5,7H2,2H3;2*2-3H2,1H3;1H2,2H3;/q;2*-1;;+2. The van der Waals surface area contributed by atoms with Crippen LogP contribution in [0.1, 0.15) is 52.9 Å². The molecule has 0 aliphatic carbocycles. The molecule has 0 aromatic rings. The zero-order valence-corrected chi connectivity index (χ0v) is 16.9. The van der Waals surface area contributed by atoms with Gasteiger partial charge in [0, 0.05) is 0 Å². The summed E-state index contributed by atoms with van der Waals surface area (Å²) in [7, 11) is 0. The van der Waals surface area contributed by atoms with E-state index >= 15 is 0 Å². The van der Waals surface area contributed by atoms with E-state index in [1.54, 1.807) is 0 Å². The molecule has 0 aliphatic heterocycles. The maximum atomic E-state index is 6.26. The molecule has 1 atom stereocenters. The monoisotopic (exact) mass is 399 g/mol. The van der Waals surface area contributed by atoms with E-state index in [0.717, 1.165) is 36.2 Å². The van der Waals surface area contributed by atoms with Gasteiger partial charge in [0.25, 0.3) is 0 Å². The molecule has 0 radical (unpaired) electrons. The van der Waals surface area contributed by atoms with Crippen LogP contribution >= 0.6 is 11.8 Å². The summed E-state index contributed by atoms with van der Waals surface area (Å²) in [6.07, 6.45) is 7.87. The molecule has 5 heteroatoms. The Bertz CT molecular complexity index is 198. The van der Waals surface area contributed by atoms with Crippen LogP contribution in [-0.4, -0.2) is 48.5 Å². The van der Waals surface area contributed by atoms with Crippen LogP contribution in [0.2, 0.25) is 4.44 Å². The van der Waals surface area contributed by atoms with Crippen LogP contribution in [0.3, 0.4) is 0 Å². The van der Waals surface area contributed by atoms with Crippen LogP contribution < -0.4 is 5.73 Å². The van der Waals surface area contributed by atoms with Crippen LogP contribution in [0.15, 0.2) is 0 Å². The van der Waals surface area contributed by atoms with Gasteiger partial charge in [0.1, 0.15) is 0 Å². The third-order valence-corrected chi connectivity index (χ3v) is 17.3. The van der Waals surface area contributed by atoms with Crippen LogP contribution in [-0.2, 0) is 6.15 Å². The maximum absolute atomic E-state index is 6.26. The van der Waals surface area contributed by atoms with Crippen molar-refractivity contribution in [2.45, 2.75) is 63.4 Å². The summed E-state index contributed by atoms with van der Waals surface area (Å²) in [5.74, 6) is 0. The molecule has 0 amide bonds. The van der Waals surface area contributed by atoms with E-state index in [9.17, 15) is 0 Å². The minimum absolute atomic E-state index is 0.318. The van der Waals surface area contributed by atoms with E-state index in [2.05, 4.69) is 27.0 Å². The first kappa shape index (κ1) is 20.0. The summed E-state index contributed by atoms with van der Waals surface area (Å²) in [5, 5.41) is 0. The van der Waals surface area contributed by atoms with E-state index in [-0.39, 0.29) is 0 Å². The van der Waals surface area contributed by atoms with Crippen molar-refractivity contribution in [1.29, 1.82) is 0 Å². The number of hydrogen-bond donors (Lipinski definition) is 1. The Morgan fingerprint density at radius 2 is 1.68 bits per heavy atom. The predicted molar refractivity (Wildman–Crippen MR) is 88.9 cm³/mol. The second-order valence-electron chi connectivity index (χ2n) is 5.26. The zero-order valence-electron chi connectivity index (χ0n) is 13.2. The third-order valence-electron chi connectivity index (χ3n) is 2.97. The van der Waals surface area contributed by atoms with Crippen LogP contribution in [0.25, 0.3) is 0 Å². The molecule has 19 heavy (non-hydrogen) atoms. The number of unbranched alkanes of at least 4 members (excludes halogenated alkanes) is 1. The molecule has 0 bridgehead atoms. The second kappa shape index (κ2) is 12.7. The van der Waals surface area contributed by atoms with Crippen molar-refractivity contribution >= 4 is 31.0 Å². The van der Waals surface area contributed by atoms with Crippen molar-refractivity contribution in [2.75, 3.05) is 23.2 Å². The van der Waals surface area contributed by atoms with E-state index in [1.807, 2.05) is 11.8 Å². The quantitative estimate of drug-likeness (QED) is 0.380. The summed E-state index contributed by atoms with van der Waals surface area (Å²) in [4.78, 5) is 0. The first-order valence-electron chi connectivity index (χ1n) is 7.62. The number of nitrogens with two attached hydrogens (primary N) is 1. The fraction of sp³-hybridized carbons (Fsp3) is 1.00. The fourth-order valence-corrected chi connectivity index (χ4v) is 15.8. The van der Waals surface area contributed by atoms with Gasteiger partial charge in [-0.05, 0) is 0 Å². The molecular weight excluding hydrogens is 365 g/mol. The van der Waals surface area contributed by atoms with Crippen molar-refractivity contribution in [1.82, 2.24) is 0 Å². The van der Waals surface area contributed by atoms with E-state index < -0.39 is 19.2 Å². The molecular formula is C14H33NO2SSn. The van der Waals surface area contributed by atoms with E-state index in [0.29, 0.717) is 6.04 Å². The zero-order chi connectivity index (χ0) is 14.6. The molecule has 0 aliphatic rings. The Hall–Kier alpha value is 1.03. The first-order chi connectivity index (χ1) is 9.10. The van der Waals surface area contributed by atoms with Gasteiger partial charge in [-0.25, -0.2) is 0 Å². The Labute approximate surface area is 129 Å². The summed E-state index contributed by atoms with van der Waals surface area (Å²) < 4.78 is 14.8. The molecule has 0 rings (SSSR count). The van der Waals surface area contributed by atoms with Crippen molar-refractivity contribution in [3.05, 3.63) is 0 Å². The van der Waals surface area contributed by atoms with Crippen molar-refractivity contribution in [3.63, 3.8) is 0 Å². The molecule has 2 N–H and O–H groups in total. The molecule has 0 fully saturated rings. The van der Waals surface area contributed by atoms with Gasteiger partial charge in [-0.2, -0.15) is 0 Å². The van der Waals surface area contributed by atoms with Gasteiger partial charge in [0.05, 0.1) is 0 Å². The Kier molecular flexibility index (Phi) is 13.4. The minimum atomic E-state index is -2.81. The van der Waals surface area contributed by atoms with Gasteiger partial charge >= 0.3 is 129 Å². The van der Waals surface area contributed by atoms with Gasteiger partial charge < -0.3 is 0 Å². The SMILES string of the molecule is CCC[O][Sn]([CH2]CCCC(C)N)([CH2]SC)[O]CCC. The molecule has 0 aromatic carbocycles. The average Bonchev–Trinajstić information content (AvgIpc) is 2.39. The Morgan fingerprint density at radius 1 is 1.11 bits per heavy atom.